The van der Waals surface area contributed by atoms with Crippen LogP contribution in [-0.4, -0.2) is 709 Å². The first-order valence-corrected chi connectivity index (χ1v) is 38.2. The number of carbonyl (C=O) groups excluding carboxylic acids is 4. The molecule has 0 amide bonds. The van der Waals surface area contributed by atoms with E-state index >= 15 is 0 Å². The number of hydrogen-bond acceptors (Lipinski definition) is 65. The van der Waals surface area contributed by atoms with Crippen LogP contribution in [0.5, 0.6) is 0 Å². The number of nitrogens with one attached hydrogen (secondary N) is 1. The Balaban J connectivity index is -0.000000484. The van der Waals surface area contributed by atoms with Crippen molar-refractivity contribution in [2.45, 2.75) is 288 Å². The molecule has 0 spiro atoms. The van der Waals surface area contributed by atoms with E-state index in [0.717, 1.165) is 0 Å². The van der Waals surface area contributed by atoms with Crippen LogP contribution in [0.15, 0.2) is 4.99 Å². The number of hydrogen-bond donors (Lipinski definition) is 48. The summed E-state index contributed by atoms with van der Waals surface area (Å²) < 4.78 is 40.9. The van der Waals surface area contributed by atoms with E-state index in [4.69, 9.17) is 181 Å². The third kappa shape index (κ3) is 42.1. The predicted octanol–water partition coefficient (Wildman–Crippen LogP) is -38.6. The Morgan fingerprint density at radius 1 is 0.385 bits per heavy atom. The Kier molecular flexibility index (Phi) is 71.4. The quantitative estimate of drug-likeness (QED) is 0.0255. The minimum Gasteiger partial charge on any atom is -0.547 e. The molecular weight excluding hydrogens is 1930 g/mol. The van der Waals surface area contributed by atoms with Gasteiger partial charge in [-0.2, -0.15) is 0 Å². The molecule has 69 heteroatoms. The summed E-state index contributed by atoms with van der Waals surface area (Å²) in [6.07, 6.45) is -76.5. The topological polar surface area (TPSA) is 1260 Å². The van der Waals surface area contributed by atoms with Crippen molar-refractivity contribution in [2.75, 3.05) is 85.8 Å². The smallest absolute Gasteiger partial charge is 0.547 e. The molecule has 6 aliphatic heterocycles. The number of rotatable bonds is 38. The molecule has 135 heavy (non-hydrogen) atoms. The summed E-state index contributed by atoms with van der Waals surface area (Å²) in [5, 5.41) is 472. The fourth-order valence-corrected chi connectivity index (χ4v) is 10.9. The van der Waals surface area contributed by atoms with E-state index in [1.165, 1.54) is 0 Å². The number of aliphatic imine (C=N–C) groups is 1. The average molecular weight is 2050 g/mol. The van der Waals surface area contributed by atoms with E-state index in [1.54, 1.807) is 6.92 Å². The van der Waals surface area contributed by atoms with Crippen LogP contribution in [0.4, 0.5) is 0 Å². The zero-order chi connectivity index (χ0) is 103. The number of aliphatic carboxylic acids is 5. The second-order valence-electron chi connectivity index (χ2n) is 28.8. The van der Waals surface area contributed by atoms with Crippen molar-refractivity contribution < 1.29 is 328 Å². The van der Waals surface area contributed by atoms with E-state index in [2.05, 4.69) is 10.3 Å². The molecule has 6 aliphatic rings. The maximum Gasteiger partial charge on any atom is 2.00 e. The monoisotopic (exact) mass is 2050 g/mol. The number of carboxylic acids is 5. The summed E-state index contributed by atoms with van der Waals surface area (Å²) in [7, 11) is 0. The predicted molar refractivity (Wildman–Crippen MR) is 406 cm³/mol. The van der Waals surface area contributed by atoms with Gasteiger partial charge < -0.3 is 328 Å². The molecule has 0 aromatic rings. The zero-order valence-electron chi connectivity index (χ0n) is 70.5. The van der Waals surface area contributed by atoms with E-state index < -0.39 is 390 Å². The van der Waals surface area contributed by atoms with Crippen molar-refractivity contribution in [2.24, 2.45) is 4.99 Å². The Labute approximate surface area is 804 Å². The molecule has 67 nitrogen and oxygen atoms in total. The van der Waals surface area contributed by atoms with Gasteiger partial charge in [-0.15, -0.1) is 0 Å². The van der Waals surface area contributed by atoms with Gasteiger partial charge in [0.2, 0.25) is 5.79 Å². The van der Waals surface area contributed by atoms with Crippen molar-refractivity contribution in [1.82, 2.24) is 5.32 Å². The zero-order valence-corrected chi connectivity index (χ0v) is 74.1. The van der Waals surface area contributed by atoms with Crippen LogP contribution < -0.4 is 25.7 Å². The van der Waals surface area contributed by atoms with Gasteiger partial charge in [0, 0.05) is 0 Å². The molecule has 5 fully saturated rings. The van der Waals surface area contributed by atoms with Crippen molar-refractivity contribution in [1.29, 1.82) is 0 Å². The van der Waals surface area contributed by atoms with Crippen LogP contribution in [0.3, 0.4) is 0 Å². The maximum atomic E-state index is 10.4. The third-order valence-corrected chi connectivity index (χ3v) is 19.2. The molecule has 0 aromatic heterocycles. The minimum atomic E-state index is -2.31. The molecule has 0 saturated carbocycles. The minimum absolute atomic E-state index is 0. The van der Waals surface area contributed by atoms with Crippen LogP contribution >= 0.6 is 0 Å². The number of carboxylic acid groups (broad SMARTS) is 5. The molecule has 0 bridgehead atoms. The van der Waals surface area contributed by atoms with E-state index in [0.29, 0.717) is 5.84 Å². The second-order valence-corrected chi connectivity index (χ2v) is 28.8. The van der Waals surface area contributed by atoms with Gasteiger partial charge in [-0.05, 0) is 6.92 Å². The molecule has 6 heterocycles. The fraction of sp³-hybridized carbons (Fsp3) is 0.909. The Morgan fingerprint density at radius 2 is 0.681 bits per heavy atom. The largest absolute Gasteiger partial charge is 2.00 e. The molecule has 0 aliphatic carbocycles. The number of aliphatic hydroxyl groups is 46. The first-order chi connectivity index (χ1) is 61.2. The Morgan fingerprint density at radius 3 is 0.963 bits per heavy atom. The fourth-order valence-electron chi connectivity index (χ4n) is 10.9. The Hall–Kier alpha value is -3.35. The van der Waals surface area contributed by atoms with Crippen molar-refractivity contribution in [3.63, 3.8) is 0 Å². The molecule has 5 saturated heterocycles. The van der Waals surface area contributed by atoms with Crippen molar-refractivity contribution >= 4 is 96.5 Å². The van der Waals surface area contributed by atoms with Crippen LogP contribution in [0, 0.1) is 0 Å². The molecule has 46 atom stereocenters. The number of ether oxygens (including phenoxy) is 8. The van der Waals surface area contributed by atoms with Gasteiger partial charge in [0.1, 0.15) is 251 Å². The number of amidine groups is 1. The Bertz CT molecular complexity index is 3010. The third-order valence-electron chi connectivity index (χ3n) is 19.2. The SMILES string of the molecule is CC1=NC[C@H](O)[C@@H](C(=O)O)N1.O.O=C([O-])[C@H](O)[C@@H](O)[C@H](O)[C@H](O)CO.O=C([O-])[C@H](O)[C@@H](O)[C@H](O)[C@H](O)CO.O=C([O-])[C@H](O)[C@@H](O)[C@H](O)[C@H](O)CO.O=C([O-])[C@H](O)[C@@H](O)[C@H](O)[C@H](O)CO.OCC1O[C@@H](O[C@@H](C(O)CO)[C@@H](O)C(O)CO)C(O)[C@H](O)[C@@H]1O.OCC1O[C@@H](O[C@H]2C(CO)O[C@@H](O)C(O)[C@@H]2O)C(O)[C@H](O)[C@@H]1O.OCC1O[C@@H](O[C@]2(CO)O[C@H](CO)C(O)[C@H]2O)C(O)[C@H](O)[C@@H]1O.[Ca+2].[Mg+2]. The number of nitrogens with zero attached hydrogens (tertiary/aromatic N) is 1. The standard InChI is InChI=1S/2C12H22O11.C12H24O11.C6H10N2O3.4C6H12O7.Ca.Mg.H2O/c13-1-4-6(16)8(18)9(19)11(21-4)23-12(3-15)10(20)7(17)5(2-14)22-12;13-1-3-5(15)6(16)9(19)12(22-3)23-10-4(2-14)21-11(20)8(18)7(10)17;13-1-4(16)7(18)11(5(17)2-14)23-12-10(21)9(20)8(19)6(3-15)22-12;1-3-7-2-4(9)5(8-3)6(10)11;4*7-1-2(8)3(9)4(10)5(11)6(12)13;;;/h4-11,13-20H,1-3H2;3-20H,1-2H2;4-21H,1-3H2;4-5,9H,2H2,1H3,(H,7,8)(H,10,11);4*2-5,7-11H,1H2,(H,12,13);;;1H2/q;;;;;;;;2*+2;/p-4/t4?,5-,6-,7?,8-,9?,10-,11+,12+;3?,4?,5-,6-,7+,8?,9?,10+,11-,12+;4?,5?,6?,7-,8+,9+,10?,11-,12-;4-,5-;4*2-,3-,4+,5-;;;/m11001111.../s1. The first-order valence-electron chi connectivity index (χ1n) is 38.2. The molecule has 6 rings (SSSR count). The number of aliphatic hydroxyl groups excluding tert-OH is 46. The van der Waals surface area contributed by atoms with E-state index in [9.17, 15) is 141 Å². The van der Waals surface area contributed by atoms with Gasteiger partial charge in [-0.1, -0.05) is 0 Å². The molecular formula is C66H124CaMgN2O65. The summed E-state index contributed by atoms with van der Waals surface area (Å²) in [4.78, 5) is 54.2. The molecule has 0 aromatic carbocycles. The summed E-state index contributed by atoms with van der Waals surface area (Å²) in [5.41, 5.74) is 0. The molecule has 792 valence electrons. The average Bonchev–Trinajstić information content (AvgIpc) is 1.62. The summed E-state index contributed by atoms with van der Waals surface area (Å²) in [5.74, 6) is -10.6. The van der Waals surface area contributed by atoms with E-state index in [-0.39, 0.29) is 72.8 Å². The molecule has 11 unspecified atom stereocenters. The summed E-state index contributed by atoms with van der Waals surface area (Å²) in [6.45, 7) is -7.74. The van der Waals surface area contributed by atoms with Gasteiger partial charge in [-0.3, -0.25) is 4.99 Å². The first kappa shape index (κ1) is 140. The summed E-state index contributed by atoms with van der Waals surface area (Å²) in [6, 6.07) is -0.910. The molecule has 50 N–H and O–H groups in total. The van der Waals surface area contributed by atoms with Crippen LogP contribution in [0.2, 0.25) is 0 Å². The maximum absolute atomic E-state index is 10.4. The summed E-state index contributed by atoms with van der Waals surface area (Å²) >= 11 is 0. The normalized spacial score (nSPS) is 34.2. The van der Waals surface area contributed by atoms with Gasteiger partial charge in [0.15, 0.2) is 31.2 Å². The van der Waals surface area contributed by atoms with Crippen LogP contribution in [0.25, 0.3) is 0 Å². The second kappa shape index (κ2) is 68.8. The molecule has 0 radical (unpaired) electrons. The van der Waals surface area contributed by atoms with Crippen LogP contribution in [-0.2, 0) is 61.9 Å². The van der Waals surface area contributed by atoms with Gasteiger partial charge >= 0.3 is 66.8 Å². The van der Waals surface area contributed by atoms with Crippen molar-refractivity contribution in [3.8, 4) is 0 Å². The number of carbonyl (C=O) groups is 5. The van der Waals surface area contributed by atoms with E-state index in [1.807, 2.05) is 0 Å². The van der Waals surface area contributed by atoms with Crippen molar-refractivity contribution in [3.05, 3.63) is 0 Å². The van der Waals surface area contributed by atoms with Crippen LogP contribution in [0.1, 0.15) is 6.92 Å². The van der Waals surface area contributed by atoms with Gasteiger partial charge in [0.25, 0.3) is 0 Å². The van der Waals surface area contributed by atoms with Gasteiger partial charge in [0.05, 0.1) is 109 Å². The van der Waals surface area contributed by atoms with Gasteiger partial charge in [-0.25, -0.2) is 4.79 Å².